The van der Waals surface area contributed by atoms with Crippen molar-refractivity contribution in [1.82, 2.24) is 0 Å². The fraction of sp³-hybridized carbons (Fsp3) is 0.727. The van der Waals surface area contributed by atoms with Gasteiger partial charge in [-0.05, 0) is 48.9 Å². The summed E-state index contributed by atoms with van der Waals surface area (Å²) < 4.78 is 5.07. The Bertz CT molecular complexity index is 259. The highest BCUT2D eigenvalue weighted by atomic mass is 35.5. The van der Waals surface area contributed by atoms with Gasteiger partial charge >= 0.3 is 5.97 Å². The van der Waals surface area contributed by atoms with Gasteiger partial charge in [-0.2, -0.15) is 0 Å². The maximum absolute atomic E-state index is 10.8. The molecule has 6 heteroatoms. The maximum Gasteiger partial charge on any atom is 0.302 e. The van der Waals surface area contributed by atoms with Crippen LogP contribution in [0.2, 0.25) is 0 Å². The van der Waals surface area contributed by atoms with Crippen LogP contribution < -0.4 is 0 Å². The molecule has 0 spiro atoms. The Morgan fingerprint density at radius 2 is 1.41 bits per heavy atom. The number of hydrogen-bond acceptors (Lipinski definition) is 4. The highest BCUT2D eigenvalue weighted by Gasteiger charge is 2.13. The van der Waals surface area contributed by atoms with Crippen LogP contribution in [0.1, 0.15) is 45.4 Å². The van der Waals surface area contributed by atoms with Gasteiger partial charge in [0.15, 0.2) is 0 Å². The molecule has 0 atom stereocenters. The Morgan fingerprint density at radius 1 is 1.00 bits per heavy atom. The zero-order valence-corrected chi connectivity index (χ0v) is 11.2. The highest BCUT2D eigenvalue weighted by Crippen LogP contribution is 2.14. The van der Waals surface area contributed by atoms with Crippen molar-refractivity contribution < 1.29 is 19.1 Å². The first-order valence-corrected chi connectivity index (χ1v) is 6.21. The molecule has 0 heterocycles. The van der Waals surface area contributed by atoms with Gasteiger partial charge in [-0.3, -0.25) is 14.4 Å². The Hall–Kier alpha value is -0.610. The predicted octanol–water partition coefficient (Wildman–Crippen LogP) is 2.79. The van der Waals surface area contributed by atoms with Crippen LogP contribution >= 0.6 is 23.2 Å². The van der Waals surface area contributed by atoms with Crippen molar-refractivity contribution in [3.05, 3.63) is 0 Å². The van der Waals surface area contributed by atoms with Gasteiger partial charge in [0.05, 0.1) is 0 Å². The van der Waals surface area contributed by atoms with Gasteiger partial charge in [0.1, 0.15) is 6.10 Å². The lowest BCUT2D eigenvalue weighted by atomic mass is 10.1. The Labute approximate surface area is 111 Å². The molecule has 0 amide bonds. The minimum absolute atomic E-state index is 0.258. The first-order chi connectivity index (χ1) is 7.91. The van der Waals surface area contributed by atoms with Crippen molar-refractivity contribution in [3.8, 4) is 0 Å². The van der Waals surface area contributed by atoms with E-state index >= 15 is 0 Å². The van der Waals surface area contributed by atoms with Crippen molar-refractivity contribution in [3.63, 3.8) is 0 Å². The number of ether oxygens (including phenoxy) is 1. The minimum Gasteiger partial charge on any atom is -0.463 e. The van der Waals surface area contributed by atoms with E-state index < -0.39 is 10.5 Å². The quantitative estimate of drug-likeness (QED) is 0.482. The lowest BCUT2D eigenvalue weighted by Gasteiger charge is -2.16. The molecule has 4 nitrogen and oxygen atoms in total. The van der Waals surface area contributed by atoms with Crippen molar-refractivity contribution >= 4 is 39.7 Å². The monoisotopic (exact) mass is 282 g/mol. The van der Waals surface area contributed by atoms with Gasteiger partial charge in [-0.15, -0.1) is 0 Å². The van der Waals surface area contributed by atoms with E-state index in [1.807, 2.05) is 0 Å². The SMILES string of the molecule is CC(=O)OC(CCCC(=O)Cl)CCCC(=O)Cl. The summed E-state index contributed by atoms with van der Waals surface area (Å²) in [6.07, 6.45) is 2.49. The molecule has 98 valence electrons. The molecule has 0 radical (unpaired) electrons. The number of halogens is 2. The standard InChI is InChI=1S/C11H16Cl2O4/c1-8(14)17-9(4-2-6-10(12)15)5-3-7-11(13)16/h9H,2-7H2,1H3. The van der Waals surface area contributed by atoms with E-state index in [1.165, 1.54) is 6.92 Å². The van der Waals surface area contributed by atoms with E-state index in [4.69, 9.17) is 27.9 Å². The fourth-order valence-corrected chi connectivity index (χ4v) is 1.70. The number of hydrogen-bond donors (Lipinski definition) is 0. The molecule has 0 unspecified atom stereocenters. The van der Waals surface area contributed by atoms with Gasteiger partial charge in [0.2, 0.25) is 10.5 Å². The summed E-state index contributed by atoms with van der Waals surface area (Å²) in [7, 11) is 0. The molecule has 0 aliphatic carbocycles. The van der Waals surface area contributed by atoms with E-state index in [-0.39, 0.29) is 24.9 Å². The molecule has 0 aromatic rings. The molecular formula is C11H16Cl2O4. The van der Waals surface area contributed by atoms with Crippen LogP contribution in [0.3, 0.4) is 0 Å². The minimum atomic E-state index is -0.400. The van der Waals surface area contributed by atoms with E-state index in [0.29, 0.717) is 25.7 Å². The topological polar surface area (TPSA) is 60.4 Å². The second kappa shape index (κ2) is 9.42. The number of carbonyl (C=O) groups excluding carboxylic acids is 3. The van der Waals surface area contributed by atoms with Crippen LogP contribution in [-0.4, -0.2) is 22.6 Å². The molecule has 0 aromatic heterocycles. The molecule has 17 heavy (non-hydrogen) atoms. The van der Waals surface area contributed by atoms with Crippen LogP contribution in [0, 0.1) is 0 Å². The predicted molar refractivity (Wildman–Crippen MR) is 65.0 cm³/mol. The Balaban J connectivity index is 3.91. The summed E-state index contributed by atoms with van der Waals surface area (Å²) >= 11 is 10.4. The Kier molecular flexibility index (Phi) is 9.09. The molecule has 0 N–H and O–H groups in total. The average Bonchev–Trinajstić information content (AvgIpc) is 2.15. The van der Waals surface area contributed by atoms with Crippen molar-refractivity contribution in [1.29, 1.82) is 0 Å². The second-order valence-corrected chi connectivity index (χ2v) is 4.57. The summed E-state index contributed by atoms with van der Waals surface area (Å²) in [5, 5.41) is -0.801. The van der Waals surface area contributed by atoms with E-state index in [9.17, 15) is 14.4 Å². The Morgan fingerprint density at radius 3 is 1.71 bits per heavy atom. The molecule has 0 saturated heterocycles. The molecule has 0 fully saturated rings. The van der Waals surface area contributed by atoms with Crippen LogP contribution in [-0.2, 0) is 19.1 Å². The summed E-state index contributed by atoms with van der Waals surface area (Å²) in [5.41, 5.74) is 0. The summed E-state index contributed by atoms with van der Waals surface area (Å²) in [6.45, 7) is 1.33. The third-order valence-electron chi connectivity index (χ3n) is 2.13. The third kappa shape index (κ3) is 11.6. The van der Waals surface area contributed by atoms with Crippen molar-refractivity contribution in [2.24, 2.45) is 0 Å². The lowest BCUT2D eigenvalue weighted by Crippen LogP contribution is -2.16. The van der Waals surface area contributed by atoms with Gasteiger partial charge in [-0.25, -0.2) is 0 Å². The van der Waals surface area contributed by atoms with Crippen LogP contribution in [0.5, 0.6) is 0 Å². The van der Waals surface area contributed by atoms with Gasteiger partial charge < -0.3 is 4.74 Å². The molecule has 0 saturated carbocycles. The first kappa shape index (κ1) is 16.4. The second-order valence-electron chi connectivity index (χ2n) is 3.73. The summed E-state index contributed by atoms with van der Waals surface area (Å²) in [5.74, 6) is -0.371. The van der Waals surface area contributed by atoms with Crippen LogP contribution in [0.25, 0.3) is 0 Å². The number of carbonyl (C=O) groups is 3. The molecule has 0 aromatic carbocycles. The molecule has 0 aliphatic rings. The van der Waals surface area contributed by atoms with Crippen molar-refractivity contribution in [2.75, 3.05) is 0 Å². The van der Waals surface area contributed by atoms with Crippen LogP contribution in [0.15, 0.2) is 0 Å². The smallest absolute Gasteiger partial charge is 0.302 e. The summed E-state index contributed by atoms with van der Waals surface area (Å²) in [6, 6.07) is 0. The van der Waals surface area contributed by atoms with Crippen LogP contribution in [0.4, 0.5) is 0 Å². The zero-order chi connectivity index (χ0) is 13.3. The summed E-state index contributed by atoms with van der Waals surface area (Å²) in [4.78, 5) is 31.9. The average molecular weight is 283 g/mol. The molecule has 0 aliphatic heterocycles. The van der Waals surface area contributed by atoms with E-state index in [0.717, 1.165) is 0 Å². The zero-order valence-electron chi connectivity index (χ0n) is 9.71. The van der Waals surface area contributed by atoms with Gasteiger partial charge in [-0.1, -0.05) is 0 Å². The third-order valence-corrected chi connectivity index (χ3v) is 2.51. The van der Waals surface area contributed by atoms with E-state index in [1.54, 1.807) is 0 Å². The largest absolute Gasteiger partial charge is 0.463 e. The fourth-order valence-electron chi connectivity index (χ4n) is 1.43. The van der Waals surface area contributed by atoms with Gasteiger partial charge in [0.25, 0.3) is 0 Å². The maximum atomic E-state index is 10.8. The number of esters is 1. The first-order valence-electron chi connectivity index (χ1n) is 5.45. The van der Waals surface area contributed by atoms with Crippen molar-refractivity contribution in [2.45, 2.75) is 51.6 Å². The molecule has 0 bridgehead atoms. The number of rotatable bonds is 9. The molecule has 0 rings (SSSR count). The lowest BCUT2D eigenvalue weighted by molar-refractivity contribution is -0.147. The normalized spacial score (nSPS) is 10.4. The van der Waals surface area contributed by atoms with E-state index in [2.05, 4.69) is 0 Å². The highest BCUT2D eigenvalue weighted by molar-refractivity contribution is 6.63. The van der Waals surface area contributed by atoms with Gasteiger partial charge in [0, 0.05) is 19.8 Å². The molecular weight excluding hydrogens is 267 g/mol.